The third-order valence-corrected chi connectivity index (χ3v) is 3.76. The molecule has 0 aliphatic carbocycles. The summed E-state index contributed by atoms with van der Waals surface area (Å²) in [5.41, 5.74) is 3.90. The number of carbonyl (C=O) groups excluding carboxylic acids is 1. The predicted octanol–water partition coefficient (Wildman–Crippen LogP) is 4.77. The van der Waals surface area contributed by atoms with Crippen LogP contribution in [0.25, 0.3) is 0 Å². The number of carbonyl (C=O) groups is 1. The van der Waals surface area contributed by atoms with Crippen LogP contribution in [0.15, 0.2) is 36.4 Å². The van der Waals surface area contributed by atoms with Gasteiger partial charge >= 0.3 is 0 Å². The molecule has 2 aromatic rings. The van der Waals surface area contributed by atoms with E-state index < -0.39 is 0 Å². The number of aryl methyl sites for hydroxylation is 2. The van der Waals surface area contributed by atoms with E-state index in [2.05, 4.69) is 11.4 Å². The molecule has 0 atom stereocenters. The molecule has 0 spiro atoms. The van der Waals surface area contributed by atoms with Gasteiger partial charge in [0, 0.05) is 5.02 Å². The number of benzene rings is 2. The Hall–Kier alpha value is -1.55. The van der Waals surface area contributed by atoms with Crippen LogP contribution >= 0.6 is 23.2 Å². The number of rotatable bonds is 5. The van der Waals surface area contributed by atoms with Crippen molar-refractivity contribution >= 4 is 34.8 Å². The van der Waals surface area contributed by atoms with Crippen LogP contribution in [-0.2, 0) is 16.1 Å². The Balaban J connectivity index is 1.86. The largest absolute Gasteiger partial charge is 0.367 e. The number of amides is 1. The van der Waals surface area contributed by atoms with E-state index in [1.807, 2.05) is 26.0 Å². The molecule has 3 nitrogen and oxygen atoms in total. The first kappa shape index (κ1) is 16.8. The summed E-state index contributed by atoms with van der Waals surface area (Å²) < 4.78 is 5.46. The van der Waals surface area contributed by atoms with Gasteiger partial charge in [-0.05, 0) is 43.2 Å². The van der Waals surface area contributed by atoms with Crippen LogP contribution in [0.2, 0.25) is 10.0 Å². The smallest absolute Gasteiger partial charge is 0.250 e. The van der Waals surface area contributed by atoms with Gasteiger partial charge in [-0.15, -0.1) is 0 Å². The first-order valence-corrected chi connectivity index (χ1v) is 7.60. The SMILES string of the molecule is Cc1ccc(COCC(=O)Nc2cc(Cl)ccc2Cl)c(C)c1. The van der Waals surface area contributed by atoms with E-state index in [0.29, 0.717) is 22.3 Å². The minimum Gasteiger partial charge on any atom is -0.367 e. The maximum Gasteiger partial charge on any atom is 0.250 e. The summed E-state index contributed by atoms with van der Waals surface area (Å²) in [7, 11) is 0. The highest BCUT2D eigenvalue weighted by molar-refractivity contribution is 6.35. The molecule has 0 saturated heterocycles. The molecule has 0 aliphatic heterocycles. The number of anilines is 1. The molecule has 0 saturated carbocycles. The predicted molar refractivity (Wildman–Crippen MR) is 90.7 cm³/mol. The first-order valence-electron chi connectivity index (χ1n) is 6.84. The van der Waals surface area contributed by atoms with Crippen LogP contribution in [-0.4, -0.2) is 12.5 Å². The Morgan fingerprint density at radius 2 is 1.91 bits per heavy atom. The number of ether oxygens (including phenoxy) is 1. The molecule has 2 rings (SSSR count). The molecule has 5 heteroatoms. The van der Waals surface area contributed by atoms with Gasteiger partial charge in [0.15, 0.2) is 0 Å². The van der Waals surface area contributed by atoms with Crippen molar-refractivity contribution in [2.24, 2.45) is 0 Å². The van der Waals surface area contributed by atoms with Crippen LogP contribution < -0.4 is 5.32 Å². The zero-order chi connectivity index (χ0) is 16.1. The molecule has 2 aromatic carbocycles. The number of nitrogens with one attached hydrogen (secondary N) is 1. The second kappa shape index (κ2) is 7.63. The fourth-order valence-corrected chi connectivity index (χ4v) is 2.38. The molecular weight excluding hydrogens is 321 g/mol. The molecule has 0 aliphatic rings. The van der Waals surface area contributed by atoms with Crippen LogP contribution in [0.1, 0.15) is 16.7 Å². The molecule has 0 unspecified atom stereocenters. The van der Waals surface area contributed by atoms with Crippen molar-refractivity contribution < 1.29 is 9.53 Å². The lowest BCUT2D eigenvalue weighted by Gasteiger charge is -2.10. The quantitative estimate of drug-likeness (QED) is 0.853. The molecule has 0 bridgehead atoms. The first-order chi connectivity index (χ1) is 10.5. The molecule has 1 N–H and O–H groups in total. The van der Waals surface area contributed by atoms with Crippen LogP contribution in [0.5, 0.6) is 0 Å². The monoisotopic (exact) mass is 337 g/mol. The summed E-state index contributed by atoms with van der Waals surface area (Å²) in [5.74, 6) is -0.270. The summed E-state index contributed by atoms with van der Waals surface area (Å²) >= 11 is 11.9. The average molecular weight is 338 g/mol. The summed E-state index contributed by atoms with van der Waals surface area (Å²) in [4.78, 5) is 11.9. The maximum absolute atomic E-state index is 11.9. The van der Waals surface area contributed by atoms with Gasteiger partial charge in [0.25, 0.3) is 0 Å². The Morgan fingerprint density at radius 3 is 2.64 bits per heavy atom. The summed E-state index contributed by atoms with van der Waals surface area (Å²) in [6, 6.07) is 11.0. The van der Waals surface area contributed by atoms with Gasteiger partial charge in [0.1, 0.15) is 6.61 Å². The van der Waals surface area contributed by atoms with Crippen molar-refractivity contribution in [3.05, 3.63) is 63.1 Å². The average Bonchev–Trinajstić information content (AvgIpc) is 2.45. The van der Waals surface area contributed by atoms with Crippen molar-refractivity contribution in [2.75, 3.05) is 11.9 Å². The normalized spacial score (nSPS) is 10.5. The fourth-order valence-electron chi connectivity index (χ4n) is 2.04. The van der Waals surface area contributed by atoms with E-state index >= 15 is 0 Å². The van der Waals surface area contributed by atoms with Gasteiger partial charge in [-0.2, -0.15) is 0 Å². The van der Waals surface area contributed by atoms with Gasteiger partial charge in [-0.1, -0.05) is 47.0 Å². The lowest BCUT2D eigenvalue weighted by molar-refractivity contribution is -0.121. The van der Waals surface area contributed by atoms with Crippen molar-refractivity contribution in [3.63, 3.8) is 0 Å². The van der Waals surface area contributed by atoms with Crippen molar-refractivity contribution in [1.29, 1.82) is 0 Å². The molecule has 0 heterocycles. The van der Waals surface area contributed by atoms with Gasteiger partial charge in [0.05, 0.1) is 17.3 Å². The molecule has 116 valence electrons. The van der Waals surface area contributed by atoms with Crippen LogP contribution in [0.4, 0.5) is 5.69 Å². The number of halogens is 2. The summed E-state index contributed by atoms with van der Waals surface area (Å²) in [6.45, 7) is 4.41. The lowest BCUT2D eigenvalue weighted by atomic mass is 10.1. The summed E-state index contributed by atoms with van der Waals surface area (Å²) in [6.07, 6.45) is 0. The number of hydrogen-bond donors (Lipinski definition) is 1. The van der Waals surface area contributed by atoms with E-state index in [-0.39, 0.29) is 12.5 Å². The van der Waals surface area contributed by atoms with E-state index in [1.54, 1.807) is 18.2 Å². The van der Waals surface area contributed by atoms with Gasteiger partial charge in [-0.3, -0.25) is 4.79 Å². The zero-order valence-electron chi connectivity index (χ0n) is 12.5. The van der Waals surface area contributed by atoms with E-state index in [4.69, 9.17) is 27.9 Å². The third kappa shape index (κ3) is 4.73. The molecule has 0 fully saturated rings. The Bertz CT molecular complexity index is 686. The molecule has 0 radical (unpaired) electrons. The second-order valence-corrected chi connectivity index (χ2v) is 5.94. The minimum absolute atomic E-state index is 0.0455. The third-order valence-electron chi connectivity index (χ3n) is 3.19. The van der Waals surface area contributed by atoms with Crippen molar-refractivity contribution in [1.82, 2.24) is 0 Å². The molecule has 22 heavy (non-hydrogen) atoms. The summed E-state index contributed by atoms with van der Waals surface area (Å²) in [5, 5.41) is 3.63. The van der Waals surface area contributed by atoms with Gasteiger partial charge in [0.2, 0.25) is 5.91 Å². The Morgan fingerprint density at radius 1 is 1.14 bits per heavy atom. The molecular formula is C17H17Cl2NO2. The molecule has 1 amide bonds. The second-order valence-electron chi connectivity index (χ2n) is 5.10. The highest BCUT2D eigenvalue weighted by atomic mass is 35.5. The van der Waals surface area contributed by atoms with Gasteiger partial charge in [-0.25, -0.2) is 0 Å². The topological polar surface area (TPSA) is 38.3 Å². The van der Waals surface area contributed by atoms with Crippen molar-refractivity contribution in [2.45, 2.75) is 20.5 Å². The highest BCUT2D eigenvalue weighted by Crippen LogP contribution is 2.25. The van der Waals surface area contributed by atoms with E-state index in [1.165, 1.54) is 5.56 Å². The van der Waals surface area contributed by atoms with Crippen LogP contribution in [0, 0.1) is 13.8 Å². The van der Waals surface area contributed by atoms with Crippen molar-refractivity contribution in [3.8, 4) is 0 Å². The van der Waals surface area contributed by atoms with E-state index in [9.17, 15) is 4.79 Å². The lowest BCUT2D eigenvalue weighted by Crippen LogP contribution is -2.18. The minimum atomic E-state index is -0.270. The molecule has 0 aromatic heterocycles. The maximum atomic E-state index is 11.9. The highest BCUT2D eigenvalue weighted by Gasteiger charge is 2.07. The number of hydrogen-bond acceptors (Lipinski definition) is 2. The van der Waals surface area contributed by atoms with Crippen LogP contribution in [0.3, 0.4) is 0 Å². The van der Waals surface area contributed by atoms with E-state index in [0.717, 1.165) is 11.1 Å². The standard InChI is InChI=1S/C17H17Cl2NO2/c1-11-3-4-13(12(2)7-11)9-22-10-17(21)20-16-8-14(18)5-6-15(16)19/h3-8H,9-10H2,1-2H3,(H,20,21). The Labute approximate surface area is 140 Å². The fraction of sp³-hybridized carbons (Fsp3) is 0.235. The Kier molecular flexibility index (Phi) is 5.83. The zero-order valence-corrected chi connectivity index (χ0v) is 14.0. The van der Waals surface area contributed by atoms with Gasteiger partial charge < -0.3 is 10.1 Å².